The zero-order valence-electron chi connectivity index (χ0n) is 16.3. The molecule has 1 heterocycles. The number of aryl methyl sites for hydroxylation is 1. The molecule has 1 aliphatic heterocycles. The van der Waals surface area contributed by atoms with Crippen LogP contribution in [-0.4, -0.2) is 23.5 Å². The molecule has 0 saturated carbocycles. The number of carbonyl (C=O) groups is 2. The number of ether oxygens (including phenoxy) is 1. The minimum Gasteiger partial charge on any atom is -0.478 e. The van der Waals surface area contributed by atoms with Gasteiger partial charge in [-0.3, -0.25) is 9.59 Å². The molecule has 2 aromatic carbocycles. The fourth-order valence-corrected chi connectivity index (χ4v) is 3.19. The first-order valence-corrected chi connectivity index (χ1v) is 9.25. The van der Waals surface area contributed by atoms with Crippen LogP contribution in [0.25, 0.3) is 0 Å². The lowest BCUT2D eigenvalue weighted by Crippen LogP contribution is -2.42. The molecule has 2 amide bonds. The van der Waals surface area contributed by atoms with E-state index >= 15 is 0 Å². The van der Waals surface area contributed by atoms with Crippen LogP contribution in [0.4, 0.5) is 11.4 Å². The smallest absolute Gasteiger partial charge is 0.267 e. The average molecular weight is 366 g/mol. The van der Waals surface area contributed by atoms with Gasteiger partial charge >= 0.3 is 0 Å². The summed E-state index contributed by atoms with van der Waals surface area (Å²) in [7, 11) is 0. The lowest BCUT2D eigenvalue weighted by Gasteiger charge is -2.26. The minimum atomic E-state index is -1.04. The average Bonchev–Trinajstić information content (AvgIpc) is 2.95. The third-order valence-electron chi connectivity index (χ3n) is 4.81. The molecule has 3 rings (SSSR count). The molecular formula is C22H26N2O3. The summed E-state index contributed by atoms with van der Waals surface area (Å²) in [4.78, 5) is 26.7. The van der Waals surface area contributed by atoms with Crippen molar-refractivity contribution in [2.24, 2.45) is 0 Å². The quantitative estimate of drug-likeness (QED) is 0.858. The molecule has 1 N–H and O–H groups in total. The van der Waals surface area contributed by atoms with E-state index in [4.69, 9.17) is 4.74 Å². The van der Waals surface area contributed by atoms with E-state index in [1.807, 2.05) is 62.4 Å². The molecule has 5 heteroatoms. The van der Waals surface area contributed by atoms with Crippen LogP contribution < -0.4 is 15.0 Å². The summed E-state index contributed by atoms with van der Waals surface area (Å²) in [5.41, 5.74) is 1.54. The lowest BCUT2D eigenvalue weighted by molar-refractivity contribution is -0.128. The molecule has 1 fully saturated rings. The highest BCUT2D eigenvalue weighted by atomic mass is 16.5. The highest BCUT2D eigenvalue weighted by Crippen LogP contribution is 2.29. The van der Waals surface area contributed by atoms with Gasteiger partial charge in [0.05, 0.1) is 0 Å². The molecule has 27 heavy (non-hydrogen) atoms. The van der Waals surface area contributed by atoms with Gasteiger partial charge in [-0.05, 0) is 64.4 Å². The normalized spacial score (nSPS) is 17.1. The van der Waals surface area contributed by atoms with E-state index in [1.165, 1.54) is 0 Å². The molecule has 0 radical (unpaired) electrons. The second kappa shape index (κ2) is 7.43. The molecule has 1 unspecified atom stereocenters. The maximum absolute atomic E-state index is 12.8. The van der Waals surface area contributed by atoms with Crippen LogP contribution in [0, 0.1) is 6.92 Å². The van der Waals surface area contributed by atoms with Gasteiger partial charge in [-0.15, -0.1) is 0 Å². The fraction of sp³-hybridized carbons (Fsp3) is 0.364. The number of hydrogen-bond acceptors (Lipinski definition) is 3. The van der Waals surface area contributed by atoms with Crippen molar-refractivity contribution in [3.63, 3.8) is 0 Å². The Balaban J connectivity index is 1.72. The Morgan fingerprint density at radius 2 is 1.89 bits per heavy atom. The summed E-state index contributed by atoms with van der Waals surface area (Å²) in [6.45, 7) is 7.51. The fourth-order valence-electron chi connectivity index (χ4n) is 3.19. The lowest BCUT2D eigenvalue weighted by atomic mass is 10.1. The Morgan fingerprint density at radius 1 is 1.19 bits per heavy atom. The van der Waals surface area contributed by atoms with E-state index in [1.54, 1.807) is 18.7 Å². The third kappa shape index (κ3) is 4.30. The Kier molecular flexibility index (Phi) is 5.22. The Labute approximate surface area is 160 Å². The molecule has 2 aromatic rings. The predicted octanol–water partition coefficient (Wildman–Crippen LogP) is 4.31. The molecular weight excluding hydrogens is 340 g/mol. The zero-order valence-corrected chi connectivity index (χ0v) is 16.3. The van der Waals surface area contributed by atoms with Crippen molar-refractivity contribution < 1.29 is 14.3 Å². The monoisotopic (exact) mass is 366 g/mol. The molecule has 0 aromatic heterocycles. The number of rotatable bonds is 5. The van der Waals surface area contributed by atoms with Gasteiger partial charge in [-0.25, -0.2) is 0 Å². The number of anilines is 2. The zero-order chi connectivity index (χ0) is 19.6. The van der Waals surface area contributed by atoms with Gasteiger partial charge in [0.1, 0.15) is 5.75 Å². The first-order chi connectivity index (χ1) is 12.8. The molecule has 1 atom stereocenters. The predicted molar refractivity (Wildman–Crippen MR) is 107 cm³/mol. The van der Waals surface area contributed by atoms with Crippen LogP contribution in [0.5, 0.6) is 5.75 Å². The van der Waals surface area contributed by atoms with E-state index in [0.717, 1.165) is 17.7 Å². The maximum Gasteiger partial charge on any atom is 0.267 e. The van der Waals surface area contributed by atoms with Gasteiger partial charge in [-0.2, -0.15) is 0 Å². The highest BCUT2D eigenvalue weighted by molar-refractivity contribution is 5.99. The standard InChI is InChI=1S/C22H26N2O3/c1-15-8-11-19(12-9-15)27-22(3,4)21(26)23-17-6-5-7-18(14-17)24-16(2)10-13-20(24)25/h5-9,11-12,14,16H,10,13H2,1-4H3,(H,23,26). The van der Waals surface area contributed by atoms with Gasteiger partial charge < -0.3 is 15.0 Å². The van der Waals surface area contributed by atoms with E-state index in [-0.39, 0.29) is 17.9 Å². The van der Waals surface area contributed by atoms with E-state index in [2.05, 4.69) is 5.32 Å². The second-order valence-corrected chi connectivity index (χ2v) is 7.58. The second-order valence-electron chi connectivity index (χ2n) is 7.58. The number of amides is 2. The van der Waals surface area contributed by atoms with Gasteiger partial charge in [-0.1, -0.05) is 23.8 Å². The van der Waals surface area contributed by atoms with Crippen molar-refractivity contribution in [1.82, 2.24) is 0 Å². The molecule has 1 saturated heterocycles. The number of carbonyl (C=O) groups excluding carboxylic acids is 2. The molecule has 1 aliphatic rings. The maximum atomic E-state index is 12.8. The first-order valence-electron chi connectivity index (χ1n) is 9.25. The van der Waals surface area contributed by atoms with Crippen LogP contribution in [0.15, 0.2) is 48.5 Å². The Morgan fingerprint density at radius 3 is 2.52 bits per heavy atom. The SMILES string of the molecule is Cc1ccc(OC(C)(C)C(=O)Nc2cccc(N3C(=O)CCC3C)c2)cc1. The third-order valence-corrected chi connectivity index (χ3v) is 4.81. The van der Waals surface area contributed by atoms with Crippen molar-refractivity contribution >= 4 is 23.2 Å². The largest absolute Gasteiger partial charge is 0.478 e. The van der Waals surface area contributed by atoms with E-state index in [9.17, 15) is 9.59 Å². The summed E-state index contributed by atoms with van der Waals surface area (Å²) >= 11 is 0. The van der Waals surface area contributed by atoms with Gasteiger partial charge in [0.25, 0.3) is 5.91 Å². The molecule has 142 valence electrons. The molecule has 0 spiro atoms. The van der Waals surface area contributed by atoms with E-state index < -0.39 is 5.60 Å². The number of nitrogens with zero attached hydrogens (tertiary/aromatic N) is 1. The number of hydrogen-bond donors (Lipinski definition) is 1. The van der Waals surface area contributed by atoms with Crippen molar-refractivity contribution in [2.75, 3.05) is 10.2 Å². The van der Waals surface area contributed by atoms with Crippen LogP contribution in [0.2, 0.25) is 0 Å². The summed E-state index contributed by atoms with van der Waals surface area (Å²) in [6.07, 6.45) is 1.42. The Hall–Kier alpha value is -2.82. The van der Waals surface area contributed by atoms with Crippen LogP contribution in [0.3, 0.4) is 0 Å². The summed E-state index contributed by atoms with van der Waals surface area (Å²) in [5.74, 6) is 0.515. The first kappa shape index (κ1) is 19.0. The van der Waals surface area contributed by atoms with Crippen molar-refractivity contribution in [3.05, 3.63) is 54.1 Å². The van der Waals surface area contributed by atoms with Gasteiger partial charge in [0.2, 0.25) is 5.91 Å². The highest BCUT2D eigenvalue weighted by Gasteiger charge is 2.31. The Bertz CT molecular complexity index is 843. The number of nitrogens with one attached hydrogen (secondary N) is 1. The molecule has 0 aliphatic carbocycles. The van der Waals surface area contributed by atoms with E-state index in [0.29, 0.717) is 17.9 Å². The number of benzene rings is 2. The summed E-state index contributed by atoms with van der Waals surface area (Å²) in [5, 5.41) is 2.91. The topological polar surface area (TPSA) is 58.6 Å². The van der Waals surface area contributed by atoms with Crippen LogP contribution >= 0.6 is 0 Å². The summed E-state index contributed by atoms with van der Waals surface area (Å²) in [6, 6.07) is 15.2. The van der Waals surface area contributed by atoms with Crippen LogP contribution in [0.1, 0.15) is 39.2 Å². The molecule has 5 nitrogen and oxygen atoms in total. The molecule has 0 bridgehead atoms. The van der Waals surface area contributed by atoms with Gasteiger partial charge in [0.15, 0.2) is 5.60 Å². The van der Waals surface area contributed by atoms with Gasteiger partial charge in [0, 0.05) is 23.8 Å². The minimum absolute atomic E-state index is 0.119. The van der Waals surface area contributed by atoms with Crippen molar-refractivity contribution in [3.8, 4) is 5.75 Å². The summed E-state index contributed by atoms with van der Waals surface area (Å²) < 4.78 is 5.88. The van der Waals surface area contributed by atoms with Crippen molar-refractivity contribution in [2.45, 2.75) is 52.2 Å². The van der Waals surface area contributed by atoms with Crippen molar-refractivity contribution in [1.29, 1.82) is 0 Å². The van der Waals surface area contributed by atoms with Crippen LogP contribution in [-0.2, 0) is 9.59 Å².